The molecule has 0 saturated carbocycles. The molecule has 1 atom stereocenters. The third kappa shape index (κ3) is 1.42. The molecule has 0 aliphatic carbocycles. The van der Waals surface area contributed by atoms with Gasteiger partial charge in [-0.05, 0) is 18.2 Å². The van der Waals surface area contributed by atoms with Gasteiger partial charge in [-0.3, -0.25) is 4.52 Å². The molecule has 1 unspecified atom stereocenters. The minimum atomic E-state index is -2.06. The minimum Gasteiger partial charge on any atom is -0.279 e. The van der Waals surface area contributed by atoms with Gasteiger partial charge in [0.15, 0.2) is 0 Å². The molecule has 2 aromatic rings. The molecule has 1 heterocycles. The van der Waals surface area contributed by atoms with Crippen LogP contribution in [0, 0.1) is 0 Å². The Bertz CT molecular complexity index is 514. The molecule has 0 bridgehead atoms. The van der Waals surface area contributed by atoms with Crippen molar-refractivity contribution < 1.29 is 4.52 Å². The monoisotopic (exact) mass is 225 g/mol. The highest BCUT2D eigenvalue weighted by Crippen LogP contribution is 2.57. The third-order valence-electron chi connectivity index (χ3n) is 2.91. The lowest BCUT2D eigenvalue weighted by Crippen LogP contribution is -2.20. The Labute approximate surface area is 97.2 Å². The number of hydrogen-bond donors (Lipinski definition) is 0. The van der Waals surface area contributed by atoms with E-state index in [1.54, 1.807) is 0 Å². The predicted octanol–water partition coefficient (Wildman–Crippen LogP) is 2.18. The van der Waals surface area contributed by atoms with Crippen LogP contribution in [0.25, 0.3) is 0 Å². The highest BCUT2D eigenvalue weighted by molar-refractivity contribution is 8.05. The summed E-state index contributed by atoms with van der Waals surface area (Å²) in [5.74, 6) is 0. The van der Waals surface area contributed by atoms with Crippen molar-refractivity contribution in [2.75, 3.05) is 0 Å². The number of rotatable bonds is 1. The maximum Gasteiger partial charge on any atom is 0.114 e. The van der Waals surface area contributed by atoms with Gasteiger partial charge in [0.25, 0.3) is 0 Å². The number of hydrogen-bond acceptors (Lipinski definition) is 1. The average Bonchev–Trinajstić information content (AvgIpc) is 2.71. The average molecular weight is 225 g/mol. The van der Waals surface area contributed by atoms with Gasteiger partial charge in [0.2, 0.25) is 0 Å². The maximum absolute atomic E-state index is 6.48. The van der Waals surface area contributed by atoms with E-state index in [0.29, 0.717) is 6.61 Å². The van der Waals surface area contributed by atoms with Crippen molar-refractivity contribution in [1.29, 1.82) is 0 Å². The van der Waals surface area contributed by atoms with Crippen molar-refractivity contribution in [3.05, 3.63) is 60.2 Å². The van der Waals surface area contributed by atoms with Crippen LogP contribution in [-0.2, 0) is 11.1 Å². The molecule has 3 radical (unpaired) electrons. The van der Waals surface area contributed by atoms with Gasteiger partial charge in [-0.1, -0.05) is 43.8 Å². The van der Waals surface area contributed by atoms with E-state index in [1.807, 2.05) is 30.3 Å². The maximum atomic E-state index is 6.48. The van der Waals surface area contributed by atoms with Gasteiger partial charge < -0.3 is 0 Å². The van der Waals surface area contributed by atoms with Gasteiger partial charge in [0, 0.05) is 5.56 Å². The fourth-order valence-electron chi connectivity index (χ4n) is 2.06. The summed E-state index contributed by atoms with van der Waals surface area (Å²) in [7, 11) is 4.42. The Morgan fingerprint density at radius 1 is 0.938 bits per heavy atom. The summed E-state index contributed by atoms with van der Waals surface area (Å²) >= 11 is 0. The van der Waals surface area contributed by atoms with Crippen molar-refractivity contribution >= 4 is 25.5 Å². The van der Waals surface area contributed by atoms with Gasteiger partial charge in [-0.25, -0.2) is 7.57 Å². The summed E-state index contributed by atoms with van der Waals surface area (Å²) in [6.07, 6.45) is 0. The van der Waals surface area contributed by atoms with Gasteiger partial charge in [-0.15, -0.1) is 0 Å². The molecule has 0 aromatic heterocycles. The Morgan fingerprint density at radius 3 is 2.44 bits per heavy atom. The summed E-state index contributed by atoms with van der Waals surface area (Å²) in [6.45, 7) is 0.634. The molecule has 2 aromatic carbocycles. The van der Waals surface area contributed by atoms with E-state index in [2.05, 4.69) is 24.3 Å². The van der Waals surface area contributed by atoms with Gasteiger partial charge in [-0.2, -0.15) is 0 Å². The van der Waals surface area contributed by atoms with E-state index in [9.17, 15) is 0 Å². The molecule has 1 aliphatic rings. The molecule has 1 nitrogen and oxygen atoms in total. The van der Waals surface area contributed by atoms with Crippen LogP contribution in [-0.4, -0.2) is 7.57 Å². The lowest BCUT2D eigenvalue weighted by Gasteiger charge is -2.29. The molecule has 16 heavy (non-hydrogen) atoms. The molecule has 0 amide bonds. The topological polar surface area (TPSA) is 9.23 Å². The van der Waals surface area contributed by atoms with Crippen LogP contribution in [0.4, 0.5) is 0 Å². The van der Waals surface area contributed by atoms with E-state index in [4.69, 9.17) is 12.1 Å². The number of benzene rings is 2. The molecular weight excluding hydrogens is 214 g/mol. The van der Waals surface area contributed by atoms with Crippen LogP contribution in [0.15, 0.2) is 54.6 Å². The Hall–Kier alpha value is -1.11. The second-order valence-electron chi connectivity index (χ2n) is 3.90. The molecule has 77 valence electrons. The fraction of sp³-hybridized carbons (Fsp3) is 0.0769. The zero-order valence-electron chi connectivity index (χ0n) is 8.84. The summed E-state index contributed by atoms with van der Waals surface area (Å²) < 4.78 is 5.89. The second kappa shape index (κ2) is 3.73. The van der Waals surface area contributed by atoms with E-state index >= 15 is 0 Å². The Morgan fingerprint density at radius 2 is 1.62 bits per heavy atom. The fourth-order valence-corrected chi connectivity index (χ4v) is 4.46. The first-order valence-electron chi connectivity index (χ1n) is 5.27. The molecule has 3 heteroatoms. The van der Waals surface area contributed by atoms with Crippen molar-refractivity contribution in [3.8, 4) is 0 Å². The van der Waals surface area contributed by atoms with Crippen molar-refractivity contribution in [2.45, 2.75) is 6.61 Å². The lowest BCUT2D eigenvalue weighted by atomic mass is 10.2. The lowest BCUT2D eigenvalue weighted by molar-refractivity contribution is 0.360. The van der Waals surface area contributed by atoms with Crippen LogP contribution in [0.2, 0.25) is 0 Å². The van der Waals surface area contributed by atoms with E-state index in [1.165, 1.54) is 10.9 Å². The molecular formula is C13H11BOP. The summed E-state index contributed by atoms with van der Waals surface area (Å²) in [4.78, 5) is 0. The number of fused-ring (bicyclic) bond motifs is 1. The molecule has 0 fully saturated rings. The smallest absolute Gasteiger partial charge is 0.114 e. The van der Waals surface area contributed by atoms with E-state index < -0.39 is 7.37 Å². The van der Waals surface area contributed by atoms with Gasteiger partial charge in [0.1, 0.15) is 6.61 Å². The Balaban J connectivity index is 2.15. The zero-order valence-corrected chi connectivity index (χ0v) is 9.73. The van der Waals surface area contributed by atoms with Crippen molar-refractivity contribution in [2.24, 2.45) is 0 Å². The highest BCUT2D eigenvalue weighted by Gasteiger charge is 2.34. The quantitative estimate of drug-likeness (QED) is 0.533. The molecule has 0 spiro atoms. The predicted molar refractivity (Wildman–Crippen MR) is 69.6 cm³/mol. The first-order chi connectivity index (χ1) is 7.81. The first kappa shape index (κ1) is 10.1. The molecule has 0 N–H and O–H groups in total. The summed E-state index contributed by atoms with van der Waals surface area (Å²) in [5.41, 5.74) is 1.22. The second-order valence-corrected chi connectivity index (χ2v) is 6.47. The standard InChI is InChI=1S/C13H11BOP/c14-16(12-7-2-1-3-8-12)13-9-5-4-6-11(13)10-15-16/h1-9H,10H2. The largest absolute Gasteiger partial charge is 0.279 e. The van der Waals surface area contributed by atoms with Crippen LogP contribution in [0.3, 0.4) is 0 Å². The van der Waals surface area contributed by atoms with Crippen molar-refractivity contribution in [3.63, 3.8) is 0 Å². The van der Waals surface area contributed by atoms with E-state index in [0.717, 1.165) is 5.30 Å². The Kier molecular flexibility index (Phi) is 2.35. The van der Waals surface area contributed by atoms with Crippen LogP contribution in [0.5, 0.6) is 0 Å². The van der Waals surface area contributed by atoms with Gasteiger partial charge in [0.05, 0.1) is 10.6 Å². The van der Waals surface area contributed by atoms with E-state index in [-0.39, 0.29) is 0 Å². The van der Waals surface area contributed by atoms with Crippen LogP contribution < -0.4 is 10.6 Å². The van der Waals surface area contributed by atoms with Crippen molar-refractivity contribution in [1.82, 2.24) is 0 Å². The normalized spacial score (nSPS) is 23.1. The molecule has 3 rings (SSSR count). The summed E-state index contributed by atoms with van der Waals surface area (Å²) in [5, 5.41) is 2.29. The highest BCUT2D eigenvalue weighted by atomic mass is 31.2. The SMILES string of the molecule is [B-][P+]1(c2ccccc2)OCc2ccccc21. The van der Waals surface area contributed by atoms with Gasteiger partial charge >= 0.3 is 0 Å². The van der Waals surface area contributed by atoms with Crippen LogP contribution in [0.1, 0.15) is 5.56 Å². The third-order valence-corrected chi connectivity index (χ3v) is 5.67. The zero-order chi connectivity index (χ0) is 11.0. The summed E-state index contributed by atoms with van der Waals surface area (Å²) in [6, 6.07) is 18.3. The molecule has 1 aliphatic heterocycles. The van der Waals surface area contributed by atoms with Crippen LogP contribution >= 0.6 is 7.37 Å². The first-order valence-corrected chi connectivity index (χ1v) is 7.04. The molecule has 0 saturated heterocycles. The minimum absolute atomic E-state index is 0.634.